The summed E-state index contributed by atoms with van der Waals surface area (Å²) in [5.74, 6) is 1.48. The quantitative estimate of drug-likeness (QED) is 0.939. The molecule has 5 heteroatoms. The van der Waals surface area contributed by atoms with Crippen LogP contribution >= 0.6 is 0 Å². The van der Waals surface area contributed by atoms with Gasteiger partial charge in [-0.15, -0.1) is 0 Å². The molecule has 3 rings (SSSR count). The molecule has 1 aromatic heterocycles. The Morgan fingerprint density at radius 3 is 2.81 bits per heavy atom. The third kappa shape index (κ3) is 2.55. The lowest BCUT2D eigenvalue weighted by molar-refractivity contribution is 0.355. The first kappa shape index (κ1) is 13.8. The zero-order valence-electron chi connectivity index (χ0n) is 12.7. The molecule has 21 heavy (non-hydrogen) atoms. The number of nitrogens with zero attached hydrogens (tertiary/aromatic N) is 2. The van der Waals surface area contributed by atoms with Crippen LogP contribution < -0.4 is 14.8 Å². The SMILES string of the molecule is COc1ccc(NC2CCCc3c2cnn3C)cc1OC. The molecule has 0 saturated carbocycles. The minimum atomic E-state index is 0.306. The number of hydrogen-bond donors (Lipinski definition) is 1. The number of ether oxygens (including phenoxy) is 2. The summed E-state index contributed by atoms with van der Waals surface area (Å²) in [4.78, 5) is 0. The van der Waals surface area contributed by atoms with Crippen LogP contribution in [0.25, 0.3) is 0 Å². The second-order valence-electron chi connectivity index (χ2n) is 5.33. The third-order valence-electron chi connectivity index (χ3n) is 4.10. The molecule has 1 atom stereocenters. The van der Waals surface area contributed by atoms with Crippen LogP contribution in [0.2, 0.25) is 0 Å². The Hall–Kier alpha value is -2.17. The second-order valence-corrected chi connectivity index (χ2v) is 5.33. The predicted octanol–water partition coefficient (Wildman–Crippen LogP) is 2.93. The lowest BCUT2D eigenvalue weighted by atomic mass is 9.93. The fourth-order valence-corrected chi connectivity index (χ4v) is 2.98. The first-order chi connectivity index (χ1) is 10.2. The maximum Gasteiger partial charge on any atom is 0.162 e. The van der Waals surface area contributed by atoms with E-state index in [0.29, 0.717) is 6.04 Å². The molecule has 0 amide bonds. The lowest BCUT2D eigenvalue weighted by Gasteiger charge is -2.25. The van der Waals surface area contributed by atoms with E-state index in [1.807, 2.05) is 36.1 Å². The molecule has 0 fully saturated rings. The number of aromatic nitrogens is 2. The van der Waals surface area contributed by atoms with E-state index < -0.39 is 0 Å². The highest BCUT2D eigenvalue weighted by molar-refractivity contribution is 5.56. The molecule has 5 nitrogen and oxygen atoms in total. The first-order valence-electron chi connectivity index (χ1n) is 7.22. The molecule has 1 N–H and O–H groups in total. The van der Waals surface area contributed by atoms with Gasteiger partial charge in [0, 0.05) is 30.1 Å². The average Bonchev–Trinajstić information content (AvgIpc) is 2.90. The smallest absolute Gasteiger partial charge is 0.162 e. The standard InChI is InChI=1S/C16H21N3O2/c1-19-14-6-4-5-13(12(14)10-17-19)18-11-7-8-15(20-2)16(9-11)21-3/h7-10,13,18H,4-6H2,1-3H3. The van der Waals surface area contributed by atoms with Crippen LogP contribution in [0.4, 0.5) is 5.69 Å². The Morgan fingerprint density at radius 1 is 1.24 bits per heavy atom. The number of methoxy groups -OCH3 is 2. The van der Waals surface area contributed by atoms with Gasteiger partial charge in [-0.3, -0.25) is 4.68 Å². The van der Waals surface area contributed by atoms with Gasteiger partial charge in [-0.05, 0) is 31.4 Å². The predicted molar refractivity (Wildman–Crippen MR) is 82.1 cm³/mol. The van der Waals surface area contributed by atoms with Crippen LogP contribution in [-0.4, -0.2) is 24.0 Å². The summed E-state index contributed by atoms with van der Waals surface area (Å²) in [5.41, 5.74) is 3.67. The largest absolute Gasteiger partial charge is 0.493 e. The van der Waals surface area contributed by atoms with E-state index in [0.717, 1.165) is 30.0 Å². The number of hydrogen-bond acceptors (Lipinski definition) is 4. The van der Waals surface area contributed by atoms with Gasteiger partial charge in [0.25, 0.3) is 0 Å². The number of rotatable bonds is 4. The third-order valence-corrected chi connectivity index (χ3v) is 4.10. The number of anilines is 1. The van der Waals surface area contributed by atoms with Crippen molar-refractivity contribution in [1.29, 1.82) is 0 Å². The van der Waals surface area contributed by atoms with Gasteiger partial charge < -0.3 is 14.8 Å². The fraction of sp³-hybridized carbons (Fsp3) is 0.438. The van der Waals surface area contributed by atoms with E-state index in [2.05, 4.69) is 10.4 Å². The average molecular weight is 287 g/mol. The molecule has 112 valence electrons. The lowest BCUT2D eigenvalue weighted by Crippen LogP contribution is -2.17. The Morgan fingerprint density at radius 2 is 2.05 bits per heavy atom. The Labute approximate surface area is 124 Å². The Bertz CT molecular complexity index is 636. The van der Waals surface area contributed by atoms with Crippen molar-refractivity contribution in [2.45, 2.75) is 25.3 Å². The van der Waals surface area contributed by atoms with Crippen LogP contribution in [-0.2, 0) is 13.5 Å². The van der Waals surface area contributed by atoms with Crippen LogP contribution in [0.3, 0.4) is 0 Å². The maximum atomic E-state index is 5.36. The first-order valence-corrected chi connectivity index (χ1v) is 7.22. The van der Waals surface area contributed by atoms with Gasteiger partial charge in [-0.1, -0.05) is 0 Å². The molecule has 0 spiro atoms. The Kier molecular flexibility index (Phi) is 3.73. The van der Waals surface area contributed by atoms with Gasteiger partial charge in [-0.25, -0.2) is 0 Å². The van der Waals surface area contributed by atoms with Crippen molar-refractivity contribution in [2.24, 2.45) is 7.05 Å². The summed E-state index contributed by atoms with van der Waals surface area (Å²) < 4.78 is 12.6. The summed E-state index contributed by atoms with van der Waals surface area (Å²) in [7, 11) is 5.31. The van der Waals surface area contributed by atoms with Crippen molar-refractivity contribution in [2.75, 3.05) is 19.5 Å². The van der Waals surface area contributed by atoms with E-state index in [9.17, 15) is 0 Å². The highest BCUT2D eigenvalue weighted by atomic mass is 16.5. The molecule has 0 saturated heterocycles. The zero-order chi connectivity index (χ0) is 14.8. The van der Waals surface area contributed by atoms with Crippen molar-refractivity contribution >= 4 is 5.69 Å². The summed E-state index contributed by atoms with van der Waals surface area (Å²) in [6.45, 7) is 0. The molecule has 0 aliphatic heterocycles. The van der Waals surface area contributed by atoms with Crippen molar-refractivity contribution < 1.29 is 9.47 Å². The number of aryl methyl sites for hydroxylation is 1. The summed E-state index contributed by atoms with van der Waals surface area (Å²) in [6.07, 6.45) is 5.38. The summed E-state index contributed by atoms with van der Waals surface area (Å²) >= 11 is 0. The van der Waals surface area contributed by atoms with Crippen LogP contribution in [0, 0.1) is 0 Å². The molecule has 1 unspecified atom stereocenters. The van der Waals surface area contributed by atoms with Crippen molar-refractivity contribution in [3.05, 3.63) is 35.7 Å². The monoisotopic (exact) mass is 287 g/mol. The molecule has 1 aliphatic rings. The number of benzene rings is 1. The van der Waals surface area contributed by atoms with Crippen molar-refractivity contribution in [1.82, 2.24) is 9.78 Å². The van der Waals surface area contributed by atoms with Gasteiger partial charge in [0.15, 0.2) is 11.5 Å². The van der Waals surface area contributed by atoms with Gasteiger partial charge in [0.1, 0.15) is 0 Å². The van der Waals surface area contributed by atoms with Gasteiger partial charge in [-0.2, -0.15) is 5.10 Å². The van der Waals surface area contributed by atoms with Gasteiger partial charge in [0.05, 0.1) is 26.5 Å². The fourth-order valence-electron chi connectivity index (χ4n) is 2.98. The van der Waals surface area contributed by atoms with E-state index in [-0.39, 0.29) is 0 Å². The Balaban J connectivity index is 1.84. The molecular weight excluding hydrogens is 266 g/mol. The van der Waals surface area contributed by atoms with E-state index in [1.54, 1.807) is 14.2 Å². The molecule has 0 bridgehead atoms. The van der Waals surface area contributed by atoms with Gasteiger partial charge >= 0.3 is 0 Å². The topological polar surface area (TPSA) is 48.3 Å². The molecule has 1 aliphatic carbocycles. The molecule has 1 heterocycles. The van der Waals surface area contributed by atoms with Crippen LogP contribution in [0.1, 0.15) is 30.1 Å². The van der Waals surface area contributed by atoms with Gasteiger partial charge in [0.2, 0.25) is 0 Å². The van der Waals surface area contributed by atoms with Crippen LogP contribution in [0.5, 0.6) is 11.5 Å². The van der Waals surface area contributed by atoms with Crippen molar-refractivity contribution in [3.8, 4) is 11.5 Å². The molecule has 0 radical (unpaired) electrons. The van der Waals surface area contributed by atoms with E-state index >= 15 is 0 Å². The van der Waals surface area contributed by atoms with E-state index in [1.165, 1.54) is 17.7 Å². The highest BCUT2D eigenvalue weighted by Crippen LogP contribution is 2.35. The summed E-state index contributed by atoms with van der Waals surface area (Å²) in [5, 5.41) is 7.97. The number of nitrogens with one attached hydrogen (secondary N) is 1. The highest BCUT2D eigenvalue weighted by Gasteiger charge is 2.23. The molecule has 2 aromatic rings. The maximum absolute atomic E-state index is 5.36. The normalized spacial score (nSPS) is 17.2. The molecule has 1 aromatic carbocycles. The zero-order valence-corrected chi connectivity index (χ0v) is 12.7. The second kappa shape index (κ2) is 5.68. The van der Waals surface area contributed by atoms with Crippen LogP contribution in [0.15, 0.2) is 24.4 Å². The molecular formula is C16H21N3O2. The minimum Gasteiger partial charge on any atom is -0.493 e. The minimum absolute atomic E-state index is 0.306. The number of fused-ring (bicyclic) bond motifs is 1. The van der Waals surface area contributed by atoms with E-state index in [4.69, 9.17) is 9.47 Å². The van der Waals surface area contributed by atoms with Crippen molar-refractivity contribution in [3.63, 3.8) is 0 Å². The summed E-state index contributed by atoms with van der Waals surface area (Å²) in [6, 6.07) is 6.23.